The van der Waals surface area contributed by atoms with Crippen molar-refractivity contribution < 1.29 is 9.53 Å². The maximum Gasteiger partial charge on any atom is 0.268 e. The highest BCUT2D eigenvalue weighted by molar-refractivity contribution is 6.00. The molecule has 1 amide bonds. The molecule has 1 aromatic heterocycles. The summed E-state index contributed by atoms with van der Waals surface area (Å²) in [6, 6.07) is 16.2. The lowest BCUT2D eigenvalue weighted by atomic mass is 10.1. The maximum absolute atomic E-state index is 12.8. The Labute approximate surface area is 147 Å². The first-order chi connectivity index (χ1) is 12.2. The van der Waals surface area contributed by atoms with Crippen molar-refractivity contribution in [3.05, 3.63) is 65.4 Å². The summed E-state index contributed by atoms with van der Waals surface area (Å²) in [6.07, 6.45) is 1.02. The number of ether oxygens (including phenoxy) is 1. The molecule has 0 radical (unpaired) electrons. The summed E-state index contributed by atoms with van der Waals surface area (Å²) < 4.78 is 8.14. The zero-order chi connectivity index (χ0) is 17.4. The van der Waals surface area contributed by atoms with Crippen LogP contribution in [0.1, 0.15) is 35.0 Å². The number of benzene rings is 2. The number of carbonyl (C=O) groups excluding carboxylic acids is 1. The highest BCUT2D eigenvalue weighted by Gasteiger charge is 2.25. The van der Waals surface area contributed by atoms with E-state index in [4.69, 9.17) is 4.74 Å². The van der Waals surface area contributed by atoms with Crippen LogP contribution in [0.25, 0.3) is 10.9 Å². The van der Waals surface area contributed by atoms with Crippen molar-refractivity contribution in [2.24, 2.45) is 0 Å². The van der Waals surface area contributed by atoms with Crippen molar-refractivity contribution in [2.45, 2.75) is 39.5 Å². The fourth-order valence-corrected chi connectivity index (χ4v) is 3.37. The minimum absolute atomic E-state index is 0.0421. The number of aryl methyl sites for hydroxylation is 1. The number of nitrogens with one attached hydrogen (secondary N) is 1. The van der Waals surface area contributed by atoms with E-state index in [0.717, 1.165) is 28.6 Å². The van der Waals surface area contributed by atoms with Crippen LogP contribution in [0.15, 0.2) is 48.5 Å². The van der Waals surface area contributed by atoms with Gasteiger partial charge < -0.3 is 14.6 Å². The first kappa shape index (κ1) is 15.8. The molecule has 2 aromatic carbocycles. The molecule has 4 nitrogen and oxygen atoms in total. The molecule has 1 aliphatic heterocycles. The average molecular weight is 334 g/mol. The second-order valence-corrected chi connectivity index (χ2v) is 6.65. The van der Waals surface area contributed by atoms with Gasteiger partial charge in [0.1, 0.15) is 17.5 Å². The summed E-state index contributed by atoms with van der Waals surface area (Å²) >= 11 is 0. The van der Waals surface area contributed by atoms with Crippen LogP contribution in [-0.2, 0) is 13.1 Å². The molecule has 1 N–H and O–H groups in total. The first-order valence-electron chi connectivity index (χ1n) is 8.78. The number of carbonyl (C=O) groups is 1. The van der Waals surface area contributed by atoms with Gasteiger partial charge in [-0.3, -0.25) is 4.79 Å². The van der Waals surface area contributed by atoms with E-state index in [-0.39, 0.29) is 12.0 Å². The van der Waals surface area contributed by atoms with E-state index < -0.39 is 0 Å². The molecule has 0 aliphatic carbocycles. The summed E-state index contributed by atoms with van der Waals surface area (Å²) in [7, 11) is 0. The molecular weight excluding hydrogens is 312 g/mol. The van der Waals surface area contributed by atoms with Gasteiger partial charge in [0.15, 0.2) is 0 Å². The monoisotopic (exact) mass is 334 g/mol. The number of amides is 1. The lowest BCUT2D eigenvalue weighted by molar-refractivity contribution is 0.0935. The molecule has 25 heavy (non-hydrogen) atoms. The van der Waals surface area contributed by atoms with E-state index in [1.165, 1.54) is 5.56 Å². The largest absolute Gasteiger partial charge is 0.486 e. The average Bonchev–Trinajstić information content (AvgIpc) is 3.01. The highest BCUT2D eigenvalue weighted by Crippen LogP contribution is 2.34. The Hall–Kier alpha value is -2.75. The summed E-state index contributed by atoms with van der Waals surface area (Å²) in [5, 5.41) is 4.09. The van der Waals surface area contributed by atoms with Gasteiger partial charge in [0.2, 0.25) is 0 Å². The minimum Gasteiger partial charge on any atom is -0.486 e. The highest BCUT2D eigenvalue weighted by atomic mass is 16.5. The quantitative estimate of drug-likeness (QED) is 0.782. The van der Waals surface area contributed by atoms with Crippen molar-refractivity contribution in [2.75, 3.05) is 0 Å². The molecule has 0 unspecified atom stereocenters. The van der Waals surface area contributed by atoms with Gasteiger partial charge in [-0.1, -0.05) is 48.9 Å². The topological polar surface area (TPSA) is 43.3 Å². The van der Waals surface area contributed by atoms with Crippen LogP contribution >= 0.6 is 0 Å². The first-order valence-corrected chi connectivity index (χ1v) is 8.78. The van der Waals surface area contributed by atoms with Crippen LogP contribution in [0.3, 0.4) is 0 Å². The Morgan fingerprint density at radius 2 is 2.04 bits per heavy atom. The van der Waals surface area contributed by atoms with E-state index in [1.807, 2.05) is 36.4 Å². The Morgan fingerprint density at radius 3 is 2.80 bits per heavy atom. The maximum atomic E-state index is 12.8. The van der Waals surface area contributed by atoms with Gasteiger partial charge in [-0.2, -0.15) is 0 Å². The van der Waals surface area contributed by atoms with Crippen molar-refractivity contribution in [3.8, 4) is 5.75 Å². The molecule has 0 spiro atoms. The molecular formula is C21H22N2O2. The number of hydrogen-bond acceptors (Lipinski definition) is 2. The lowest BCUT2D eigenvalue weighted by Gasteiger charge is -2.26. The van der Waals surface area contributed by atoms with Gasteiger partial charge >= 0.3 is 0 Å². The fraction of sp³-hybridized carbons (Fsp3) is 0.286. The van der Waals surface area contributed by atoms with Crippen LogP contribution in [0.5, 0.6) is 5.75 Å². The third-order valence-corrected chi connectivity index (χ3v) is 4.82. The van der Waals surface area contributed by atoms with Crippen molar-refractivity contribution >= 4 is 16.8 Å². The normalized spacial score (nSPS) is 15.8. The third kappa shape index (κ3) is 2.88. The fourth-order valence-electron chi connectivity index (χ4n) is 3.37. The SMILES string of the molecule is CC[C@@H]1Cn2c(C(=O)NCc3ccc(C)cc3)cc3cccc(c32)O1. The summed E-state index contributed by atoms with van der Waals surface area (Å²) in [5.74, 6) is 0.827. The molecule has 3 aromatic rings. The standard InChI is InChI=1S/C21H22N2O2/c1-3-17-13-23-18(11-16-5-4-6-19(25-17)20(16)23)21(24)22-12-15-9-7-14(2)8-10-15/h4-11,17H,3,12-13H2,1-2H3,(H,22,24)/t17-/m1/s1. The molecule has 4 heteroatoms. The van der Waals surface area contributed by atoms with Crippen LogP contribution in [0, 0.1) is 6.92 Å². The summed E-state index contributed by atoms with van der Waals surface area (Å²) in [5.41, 5.74) is 4.05. The Balaban J connectivity index is 1.62. The Kier molecular flexibility index (Phi) is 3.96. The smallest absolute Gasteiger partial charge is 0.268 e. The van der Waals surface area contributed by atoms with Crippen LogP contribution < -0.4 is 10.1 Å². The number of nitrogens with zero attached hydrogens (tertiary/aromatic N) is 1. The molecule has 1 atom stereocenters. The van der Waals surface area contributed by atoms with Gasteiger partial charge in [0.05, 0.1) is 12.1 Å². The van der Waals surface area contributed by atoms with E-state index in [1.54, 1.807) is 0 Å². The Morgan fingerprint density at radius 1 is 1.24 bits per heavy atom. The van der Waals surface area contributed by atoms with E-state index in [0.29, 0.717) is 18.8 Å². The molecule has 0 saturated heterocycles. The zero-order valence-electron chi connectivity index (χ0n) is 14.6. The molecule has 0 bridgehead atoms. The van der Waals surface area contributed by atoms with E-state index in [2.05, 4.69) is 35.9 Å². The number of para-hydroxylation sites is 1. The van der Waals surface area contributed by atoms with Crippen LogP contribution in [0.2, 0.25) is 0 Å². The van der Waals surface area contributed by atoms with Gasteiger partial charge in [0, 0.05) is 11.9 Å². The second kappa shape index (κ2) is 6.28. The van der Waals surface area contributed by atoms with Gasteiger partial charge in [0.25, 0.3) is 5.91 Å². The zero-order valence-corrected chi connectivity index (χ0v) is 14.6. The van der Waals surface area contributed by atoms with E-state index in [9.17, 15) is 4.79 Å². The predicted molar refractivity (Wildman–Crippen MR) is 99.0 cm³/mol. The van der Waals surface area contributed by atoms with Crippen molar-refractivity contribution in [1.29, 1.82) is 0 Å². The minimum atomic E-state index is -0.0421. The number of rotatable bonds is 4. The van der Waals surface area contributed by atoms with Crippen LogP contribution in [0.4, 0.5) is 0 Å². The molecule has 2 heterocycles. The molecule has 0 fully saturated rings. The number of aromatic nitrogens is 1. The third-order valence-electron chi connectivity index (χ3n) is 4.82. The van der Waals surface area contributed by atoms with Crippen LogP contribution in [-0.4, -0.2) is 16.6 Å². The predicted octanol–water partition coefficient (Wildman–Crippen LogP) is 4.05. The second-order valence-electron chi connectivity index (χ2n) is 6.65. The molecule has 128 valence electrons. The number of hydrogen-bond donors (Lipinski definition) is 1. The molecule has 1 aliphatic rings. The Bertz CT molecular complexity index is 925. The summed E-state index contributed by atoms with van der Waals surface area (Å²) in [4.78, 5) is 12.8. The molecule has 4 rings (SSSR count). The van der Waals surface area contributed by atoms with Crippen molar-refractivity contribution in [1.82, 2.24) is 9.88 Å². The van der Waals surface area contributed by atoms with Gasteiger partial charge in [-0.25, -0.2) is 0 Å². The van der Waals surface area contributed by atoms with E-state index >= 15 is 0 Å². The lowest BCUT2D eigenvalue weighted by Crippen LogP contribution is -2.31. The van der Waals surface area contributed by atoms with Crippen molar-refractivity contribution in [3.63, 3.8) is 0 Å². The molecule has 0 saturated carbocycles. The van der Waals surface area contributed by atoms with Gasteiger partial charge in [-0.05, 0) is 31.0 Å². The summed E-state index contributed by atoms with van der Waals surface area (Å²) in [6.45, 7) is 5.41. The van der Waals surface area contributed by atoms with Gasteiger partial charge in [-0.15, -0.1) is 0 Å².